The van der Waals surface area contributed by atoms with Crippen molar-refractivity contribution in [2.75, 3.05) is 0 Å². The van der Waals surface area contributed by atoms with E-state index in [2.05, 4.69) is 31.2 Å². The minimum Gasteiger partial charge on any atom is -0.509 e. The zero-order valence-corrected chi connectivity index (χ0v) is 17.5. The van der Waals surface area contributed by atoms with E-state index in [9.17, 15) is 19.8 Å². The van der Waals surface area contributed by atoms with Crippen LogP contribution in [-0.4, -0.2) is 27.9 Å². The molecule has 4 nitrogen and oxygen atoms in total. The van der Waals surface area contributed by atoms with Crippen LogP contribution in [0.2, 0.25) is 0 Å². The maximum absolute atomic E-state index is 12.1. The van der Waals surface area contributed by atoms with Crippen molar-refractivity contribution in [1.82, 2.24) is 0 Å². The first-order valence-corrected chi connectivity index (χ1v) is 11.1. The third-order valence-corrected chi connectivity index (χ3v) is 5.16. The largest absolute Gasteiger partial charge is 0.509 e. The van der Waals surface area contributed by atoms with Gasteiger partial charge in [-0.2, -0.15) is 0 Å². The number of hydrogen-bond acceptors (Lipinski definition) is 4. The van der Waals surface area contributed by atoms with Crippen LogP contribution >= 0.6 is 0 Å². The van der Waals surface area contributed by atoms with Gasteiger partial charge in [-0.05, 0) is 38.5 Å². The number of ketones is 2. The minimum atomic E-state index is -1.07. The molecular formula is C24H38O4. The van der Waals surface area contributed by atoms with Crippen molar-refractivity contribution in [2.45, 2.75) is 103 Å². The van der Waals surface area contributed by atoms with E-state index in [1.165, 1.54) is 38.5 Å². The van der Waals surface area contributed by atoms with Gasteiger partial charge in [-0.3, -0.25) is 9.59 Å². The molecule has 0 fully saturated rings. The standard InChI is InChI=1S/C24H38O4/c1-2-3-4-5-6-7-8-9-10-11-12-13-14-15-16-17-20(25)23-21(26)18-19-22(27)24(23)28/h9-12,22,27-28H,2-8,13-19H2,1H3/b10-9+,12-11+/t22-/m1/s1. The topological polar surface area (TPSA) is 74.6 Å². The Morgan fingerprint density at radius 2 is 1.54 bits per heavy atom. The Balaban J connectivity index is 2.06. The van der Waals surface area contributed by atoms with Gasteiger partial charge in [0.1, 0.15) is 17.4 Å². The lowest BCUT2D eigenvalue weighted by molar-refractivity contribution is -0.123. The first kappa shape index (κ1) is 24.4. The molecule has 0 saturated carbocycles. The fourth-order valence-corrected chi connectivity index (χ4v) is 3.38. The molecule has 1 aliphatic rings. The molecule has 2 N–H and O–H groups in total. The van der Waals surface area contributed by atoms with Gasteiger partial charge >= 0.3 is 0 Å². The van der Waals surface area contributed by atoms with Crippen molar-refractivity contribution in [3.05, 3.63) is 35.6 Å². The van der Waals surface area contributed by atoms with Crippen LogP contribution in [-0.2, 0) is 9.59 Å². The van der Waals surface area contributed by atoms with Gasteiger partial charge in [0.2, 0.25) is 0 Å². The molecule has 158 valence electrons. The van der Waals surface area contributed by atoms with Crippen molar-refractivity contribution in [2.24, 2.45) is 0 Å². The van der Waals surface area contributed by atoms with Gasteiger partial charge in [0, 0.05) is 12.8 Å². The number of carbonyl (C=O) groups excluding carboxylic acids is 2. The Kier molecular flexibility index (Phi) is 13.3. The van der Waals surface area contributed by atoms with Crippen molar-refractivity contribution in [3.63, 3.8) is 0 Å². The summed E-state index contributed by atoms with van der Waals surface area (Å²) in [7, 11) is 0. The normalized spacial score (nSPS) is 17.9. The molecule has 1 aliphatic carbocycles. The van der Waals surface area contributed by atoms with Crippen molar-refractivity contribution in [3.8, 4) is 0 Å². The van der Waals surface area contributed by atoms with Gasteiger partial charge < -0.3 is 10.2 Å². The average Bonchev–Trinajstić information content (AvgIpc) is 2.68. The number of rotatable bonds is 15. The van der Waals surface area contributed by atoms with Crippen LogP contribution in [0.25, 0.3) is 0 Å². The van der Waals surface area contributed by atoms with Crippen LogP contribution in [0.1, 0.15) is 96.8 Å². The van der Waals surface area contributed by atoms with Gasteiger partial charge in [0.15, 0.2) is 11.6 Å². The maximum Gasteiger partial charge on any atom is 0.170 e. The quantitative estimate of drug-likeness (QED) is 0.207. The van der Waals surface area contributed by atoms with Crippen LogP contribution in [0.4, 0.5) is 0 Å². The number of unbranched alkanes of at least 4 members (excludes halogenated alkanes) is 9. The van der Waals surface area contributed by atoms with Gasteiger partial charge in [-0.15, -0.1) is 0 Å². The number of allylic oxidation sites excluding steroid dienone is 5. The average molecular weight is 391 g/mol. The Morgan fingerprint density at radius 3 is 2.18 bits per heavy atom. The molecule has 0 saturated heterocycles. The molecule has 0 radical (unpaired) electrons. The predicted octanol–water partition coefficient (Wildman–Crippen LogP) is 5.90. The lowest BCUT2D eigenvalue weighted by atomic mass is 9.89. The molecule has 0 aromatic rings. The molecule has 28 heavy (non-hydrogen) atoms. The molecule has 0 aromatic carbocycles. The van der Waals surface area contributed by atoms with Crippen LogP contribution in [0.5, 0.6) is 0 Å². The summed E-state index contributed by atoms with van der Waals surface area (Å²) in [5.41, 5.74) is -0.172. The van der Waals surface area contributed by atoms with Crippen LogP contribution in [0.3, 0.4) is 0 Å². The summed E-state index contributed by atoms with van der Waals surface area (Å²) in [5, 5.41) is 19.4. The lowest BCUT2D eigenvalue weighted by Crippen LogP contribution is -2.27. The SMILES string of the molecule is CCCCCCCC/C=C/C=C/CCCCCC(=O)C1=C(O)[C@H](O)CCC1=O. The van der Waals surface area contributed by atoms with Crippen LogP contribution in [0, 0.1) is 0 Å². The molecule has 4 heteroatoms. The van der Waals surface area contributed by atoms with E-state index in [-0.39, 0.29) is 36.4 Å². The zero-order chi connectivity index (χ0) is 20.6. The van der Waals surface area contributed by atoms with Gasteiger partial charge in [-0.25, -0.2) is 0 Å². The molecule has 0 bridgehead atoms. The number of aliphatic hydroxyl groups excluding tert-OH is 2. The van der Waals surface area contributed by atoms with Gasteiger partial charge in [0.05, 0.1) is 0 Å². The lowest BCUT2D eigenvalue weighted by Gasteiger charge is -2.18. The molecule has 0 spiro atoms. The highest BCUT2D eigenvalue weighted by atomic mass is 16.3. The van der Waals surface area contributed by atoms with E-state index < -0.39 is 11.9 Å². The summed E-state index contributed by atoms with van der Waals surface area (Å²) in [4.78, 5) is 23.9. The van der Waals surface area contributed by atoms with Crippen molar-refractivity contribution in [1.29, 1.82) is 0 Å². The summed E-state index contributed by atoms with van der Waals surface area (Å²) < 4.78 is 0. The summed E-state index contributed by atoms with van der Waals surface area (Å²) in [6.45, 7) is 2.24. The smallest absolute Gasteiger partial charge is 0.170 e. The monoisotopic (exact) mass is 390 g/mol. The van der Waals surface area contributed by atoms with E-state index in [1.54, 1.807) is 0 Å². The van der Waals surface area contributed by atoms with Crippen LogP contribution in [0.15, 0.2) is 35.6 Å². The molecule has 0 heterocycles. The highest BCUT2D eigenvalue weighted by molar-refractivity contribution is 6.21. The molecule has 1 rings (SSSR count). The molecule has 0 aromatic heterocycles. The van der Waals surface area contributed by atoms with Gasteiger partial charge in [0.25, 0.3) is 0 Å². The van der Waals surface area contributed by atoms with Gasteiger partial charge in [-0.1, -0.05) is 69.8 Å². The van der Waals surface area contributed by atoms with Crippen molar-refractivity contribution < 1.29 is 19.8 Å². The second-order valence-corrected chi connectivity index (χ2v) is 7.67. The van der Waals surface area contributed by atoms with E-state index in [0.29, 0.717) is 6.42 Å². The molecule has 0 unspecified atom stereocenters. The summed E-state index contributed by atoms with van der Waals surface area (Å²) in [6, 6.07) is 0. The van der Waals surface area contributed by atoms with Crippen molar-refractivity contribution >= 4 is 11.6 Å². The van der Waals surface area contributed by atoms with E-state index in [0.717, 1.165) is 25.7 Å². The maximum atomic E-state index is 12.1. The summed E-state index contributed by atoms with van der Waals surface area (Å²) in [6.07, 6.45) is 20.8. The fourth-order valence-electron chi connectivity index (χ4n) is 3.38. The molecule has 0 amide bonds. The highest BCUT2D eigenvalue weighted by Gasteiger charge is 2.30. The second kappa shape index (κ2) is 15.3. The number of aliphatic hydroxyl groups is 2. The summed E-state index contributed by atoms with van der Waals surface area (Å²) >= 11 is 0. The highest BCUT2D eigenvalue weighted by Crippen LogP contribution is 2.23. The van der Waals surface area contributed by atoms with E-state index in [4.69, 9.17) is 0 Å². The second-order valence-electron chi connectivity index (χ2n) is 7.67. The third-order valence-electron chi connectivity index (χ3n) is 5.16. The first-order valence-electron chi connectivity index (χ1n) is 11.1. The third kappa shape index (κ3) is 10.0. The Bertz CT molecular complexity index is 557. The number of carbonyl (C=O) groups is 2. The zero-order valence-electron chi connectivity index (χ0n) is 17.5. The van der Waals surface area contributed by atoms with Crippen LogP contribution < -0.4 is 0 Å². The fraction of sp³-hybridized carbons (Fsp3) is 0.667. The Hall–Kier alpha value is -1.68. The summed E-state index contributed by atoms with van der Waals surface area (Å²) in [5.74, 6) is -1.12. The number of hydrogen-bond donors (Lipinski definition) is 2. The van der Waals surface area contributed by atoms with E-state index in [1.807, 2.05) is 0 Å². The first-order chi connectivity index (χ1) is 13.6. The minimum absolute atomic E-state index is 0.128. The molecule has 0 aliphatic heterocycles. The Labute approximate surface area is 170 Å². The predicted molar refractivity (Wildman–Crippen MR) is 114 cm³/mol. The van der Waals surface area contributed by atoms with E-state index >= 15 is 0 Å². The molecular weight excluding hydrogens is 352 g/mol. The Morgan fingerprint density at radius 1 is 0.964 bits per heavy atom. The molecule has 1 atom stereocenters. The number of Topliss-reactive ketones (excluding diaryl/α,β-unsaturated/α-hetero) is 2.